The fraction of sp³-hybridized carbons (Fsp3) is 0.650. The van der Waals surface area contributed by atoms with Gasteiger partial charge in [0.25, 0.3) is 11.1 Å². The van der Waals surface area contributed by atoms with Gasteiger partial charge in [-0.2, -0.15) is 0 Å². The van der Waals surface area contributed by atoms with Crippen molar-refractivity contribution >= 4 is 17.5 Å². The first-order valence-electron chi connectivity index (χ1n) is 9.61. The Hall–Kier alpha value is -1.56. The van der Waals surface area contributed by atoms with Gasteiger partial charge in [0, 0.05) is 5.41 Å². The van der Waals surface area contributed by atoms with E-state index in [1.165, 1.54) is 31.0 Å². The number of furan rings is 1. The second kappa shape index (κ2) is 5.98. The minimum atomic E-state index is -0.148. The Morgan fingerprint density at radius 1 is 1.19 bits per heavy atom. The van der Waals surface area contributed by atoms with Crippen molar-refractivity contribution in [2.24, 2.45) is 23.2 Å². The third kappa shape index (κ3) is 2.65. The fourth-order valence-electron chi connectivity index (χ4n) is 6.02. The van der Waals surface area contributed by atoms with Gasteiger partial charge in [0.1, 0.15) is 5.76 Å². The minimum absolute atomic E-state index is 0.0782. The van der Waals surface area contributed by atoms with Crippen LogP contribution in [0.3, 0.4) is 0 Å². The van der Waals surface area contributed by atoms with Crippen molar-refractivity contribution in [1.29, 1.82) is 0 Å². The maximum atomic E-state index is 13.4. The molecule has 26 heavy (non-hydrogen) atoms. The second-order valence-electron chi connectivity index (χ2n) is 8.59. The first kappa shape index (κ1) is 16.6. The molecule has 4 saturated carbocycles. The molecule has 0 amide bonds. The summed E-state index contributed by atoms with van der Waals surface area (Å²) in [6.45, 7) is 3.87. The lowest BCUT2D eigenvalue weighted by molar-refractivity contribution is -0.143. The normalized spacial score (nSPS) is 33.5. The van der Waals surface area contributed by atoms with Crippen LogP contribution in [0.4, 0.5) is 0 Å². The predicted octanol–water partition coefficient (Wildman–Crippen LogP) is 4.90. The SMILES string of the molecule is Cc1occc1-c1nnc(S[C@H](C)C(=O)C23CC4CC(CC(C4)C2)C3)o1. The number of carbonyl (C=O) groups is 1. The van der Waals surface area contributed by atoms with Gasteiger partial charge in [0.15, 0.2) is 5.78 Å². The third-order valence-corrected chi connectivity index (χ3v) is 7.64. The van der Waals surface area contributed by atoms with E-state index < -0.39 is 0 Å². The number of hydrogen-bond donors (Lipinski definition) is 0. The smallest absolute Gasteiger partial charge is 0.277 e. The largest absolute Gasteiger partial charge is 0.469 e. The average molecular weight is 372 g/mol. The minimum Gasteiger partial charge on any atom is -0.469 e. The van der Waals surface area contributed by atoms with Crippen LogP contribution in [0.5, 0.6) is 0 Å². The van der Waals surface area contributed by atoms with Crippen LogP contribution >= 0.6 is 11.8 Å². The van der Waals surface area contributed by atoms with E-state index in [0.717, 1.165) is 48.3 Å². The van der Waals surface area contributed by atoms with E-state index in [0.29, 0.717) is 16.9 Å². The zero-order chi connectivity index (χ0) is 17.9. The average Bonchev–Trinajstić information content (AvgIpc) is 3.21. The molecule has 0 radical (unpaired) electrons. The first-order valence-corrected chi connectivity index (χ1v) is 10.5. The van der Waals surface area contributed by atoms with Gasteiger partial charge in [-0.15, -0.1) is 10.2 Å². The Labute approximate surface area is 157 Å². The number of aromatic nitrogens is 2. The Morgan fingerprint density at radius 3 is 2.42 bits per heavy atom. The molecule has 0 spiro atoms. The zero-order valence-corrected chi connectivity index (χ0v) is 16.1. The molecule has 0 unspecified atom stereocenters. The topological polar surface area (TPSA) is 69.1 Å². The van der Waals surface area contributed by atoms with Crippen molar-refractivity contribution in [2.45, 2.75) is 62.8 Å². The molecule has 0 aromatic carbocycles. The van der Waals surface area contributed by atoms with E-state index in [1.54, 1.807) is 6.26 Å². The zero-order valence-electron chi connectivity index (χ0n) is 15.2. The van der Waals surface area contributed by atoms with Gasteiger partial charge in [0.2, 0.25) is 0 Å². The lowest BCUT2D eigenvalue weighted by Crippen LogP contribution is -2.51. The lowest BCUT2D eigenvalue weighted by atomic mass is 9.48. The van der Waals surface area contributed by atoms with Crippen LogP contribution in [-0.4, -0.2) is 21.2 Å². The van der Waals surface area contributed by atoms with Gasteiger partial charge in [-0.05, 0) is 76.2 Å². The second-order valence-corrected chi connectivity index (χ2v) is 9.88. The number of carbonyl (C=O) groups excluding carboxylic acids is 1. The summed E-state index contributed by atoms with van der Waals surface area (Å²) in [4.78, 5) is 13.4. The molecule has 1 atom stereocenters. The number of thioether (sulfide) groups is 1. The molecule has 0 N–H and O–H groups in total. The highest BCUT2D eigenvalue weighted by Crippen LogP contribution is 2.61. The van der Waals surface area contributed by atoms with E-state index in [4.69, 9.17) is 8.83 Å². The maximum Gasteiger partial charge on any atom is 0.277 e. The molecule has 4 aliphatic carbocycles. The Balaban J connectivity index is 1.32. The molecule has 2 aromatic heterocycles. The van der Waals surface area contributed by atoms with Crippen molar-refractivity contribution in [1.82, 2.24) is 10.2 Å². The Kier molecular flexibility index (Phi) is 3.82. The lowest BCUT2D eigenvalue weighted by Gasteiger charge is -2.56. The molecule has 4 aliphatic rings. The van der Waals surface area contributed by atoms with Crippen molar-refractivity contribution in [3.8, 4) is 11.5 Å². The molecule has 0 aliphatic heterocycles. The van der Waals surface area contributed by atoms with Crippen LogP contribution in [0.2, 0.25) is 0 Å². The number of rotatable bonds is 5. The van der Waals surface area contributed by atoms with E-state index >= 15 is 0 Å². The van der Waals surface area contributed by atoms with Crippen LogP contribution < -0.4 is 0 Å². The number of hydrogen-bond acceptors (Lipinski definition) is 6. The van der Waals surface area contributed by atoms with Crippen molar-refractivity contribution < 1.29 is 13.6 Å². The van der Waals surface area contributed by atoms with Crippen LogP contribution in [0.25, 0.3) is 11.5 Å². The van der Waals surface area contributed by atoms with Crippen LogP contribution in [0, 0.1) is 30.1 Å². The van der Waals surface area contributed by atoms with E-state index in [-0.39, 0.29) is 10.7 Å². The van der Waals surface area contributed by atoms with Crippen LogP contribution in [-0.2, 0) is 4.79 Å². The fourth-order valence-corrected chi connectivity index (χ4v) is 6.90. The molecule has 0 saturated heterocycles. The summed E-state index contributed by atoms with van der Waals surface area (Å²) in [5.74, 6) is 3.95. The molecule has 5 nitrogen and oxygen atoms in total. The highest BCUT2D eigenvalue weighted by atomic mass is 32.2. The maximum absolute atomic E-state index is 13.4. The van der Waals surface area contributed by atoms with Crippen molar-refractivity contribution in [3.63, 3.8) is 0 Å². The first-order chi connectivity index (χ1) is 12.5. The molecule has 6 heteroatoms. The molecule has 4 bridgehead atoms. The summed E-state index contributed by atoms with van der Waals surface area (Å²) < 4.78 is 11.1. The molecular weight excluding hydrogens is 348 g/mol. The Bertz CT molecular complexity index is 804. The number of ketones is 1. The van der Waals surface area contributed by atoms with Crippen molar-refractivity contribution in [2.75, 3.05) is 0 Å². The summed E-state index contributed by atoms with van der Waals surface area (Å²) in [6.07, 6.45) is 8.98. The summed E-state index contributed by atoms with van der Waals surface area (Å²) >= 11 is 1.40. The third-order valence-electron chi connectivity index (χ3n) is 6.70. The summed E-state index contributed by atoms with van der Waals surface area (Å²) in [5.41, 5.74) is 0.731. The Morgan fingerprint density at radius 2 is 1.85 bits per heavy atom. The van der Waals surface area contributed by atoms with Gasteiger partial charge in [-0.25, -0.2) is 0 Å². The number of Topliss-reactive ketones (excluding diaryl/α,β-unsaturated/α-hetero) is 1. The highest BCUT2D eigenvalue weighted by molar-refractivity contribution is 8.00. The molecular formula is C20H24N2O3S. The highest BCUT2D eigenvalue weighted by Gasteiger charge is 2.55. The van der Waals surface area contributed by atoms with E-state index in [9.17, 15) is 4.79 Å². The van der Waals surface area contributed by atoms with Gasteiger partial charge in [-0.3, -0.25) is 4.79 Å². The summed E-state index contributed by atoms with van der Waals surface area (Å²) in [6, 6.07) is 1.82. The monoisotopic (exact) mass is 372 g/mol. The van der Waals surface area contributed by atoms with Crippen LogP contribution in [0.1, 0.15) is 51.2 Å². The number of nitrogens with zero attached hydrogens (tertiary/aromatic N) is 2. The van der Waals surface area contributed by atoms with Gasteiger partial charge >= 0.3 is 0 Å². The van der Waals surface area contributed by atoms with Gasteiger partial charge < -0.3 is 8.83 Å². The molecule has 4 fully saturated rings. The quantitative estimate of drug-likeness (QED) is 0.695. The van der Waals surface area contributed by atoms with Gasteiger partial charge in [-0.1, -0.05) is 11.8 Å². The van der Waals surface area contributed by atoms with E-state index in [2.05, 4.69) is 10.2 Å². The molecule has 2 heterocycles. The molecule has 6 rings (SSSR count). The molecule has 138 valence electrons. The molecule has 2 aromatic rings. The summed E-state index contributed by atoms with van der Waals surface area (Å²) in [5, 5.41) is 8.57. The van der Waals surface area contributed by atoms with Gasteiger partial charge in [0.05, 0.1) is 17.1 Å². The summed E-state index contributed by atoms with van der Waals surface area (Å²) in [7, 11) is 0. The van der Waals surface area contributed by atoms with Crippen LogP contribution in [0.15, 0.2) is 26.4 Å². The predicted molar refractivity (Wildman–Crippen MR) is 97.7 cm³/mol. The number of aryl methyl sites for hydroxylation is 1. The van der Waals surface area contributed by atoms with Crippen molar-refractivity contribution in [3.05, 3.63) is 18.1 Å². The standard InChI is InChI=1S/C20H24N2O3S/c1-11-16(3-4-24-11)18-21-22-19(25-18)26-12(2)17(23)20-8-13-5-14(9-20)7-15(6-13)10-20/h3-4,12-15H,5-10H2,1-2H3/t12-,13?,14?,15?,20?/m1/s1. The van der Waals surface area contributed by atoms with E-state index in [1.807, 2.05) is 19.9 Å².